The third kappa shape index (κ3) is 1.83. The molecular weight excluding hydrogens is 274 g/mol. The van der Waals surface area contributed by atoms with Gasteiger partial charge in [-0.3, -0.25) is 9.55 Å². The van der Waals surface area contributed by atoms with Crippen LogP contribution in [0.2, 0.25) is 0 Å². The first-order chi connectivity index (χ1) is 10.8. The number of H-pyrrole nitrogens is 1. The van der Waals surface area contributed by atoms with Crippen molar-refractivity contribution in [1.82, 2.24) is 24.5 Å². The van der Waals surface area contributed by atoms with Gasteiger partial charge in [0.25, 0.3) is 0 Å². The van der Waals surface area contributed by atoms with Crippen LogP contribution in [0.5, 0.6) is 0 Å². The number of hydrogen-bond acceptors (Lipinski definition) is 3. The fraction of sp³-hybridized carbons (Fsp3) is 0.118. The Labute approximate surface area is 127 Å². The van der Waals surface area contributed by atoms with Gasteiger partial charge in [0.2, 0.25) is 0 Å². The summed E-state index contributed by atoms with van der Waals surface area (Å²) in [5, 5.41) is 0. The van der Waals surface area contributed by atoms with Crippen LogP contribution in [-0.4, -0.2) is 24.5 Å². The van der Waals surface area contributed by atoms with Crippen molar-refractivity contribution in [1.29, 1.82) is 0 Å². The summed E-state index contributed by atoms with van der Waals surface area (Å²) in [5.74, 6) is 0.884. The molecule has 0 aliphatic heterocycles. The summed E-state index contributed by atoms with van der Waals surface area (Å²) < 4.78 is 2.10. The van der Waals surface area contributed by atoms with Gasteiger partial charge in [0, 0.05) is 30.4 Å². The number of benzene rings is 1. The number of hydrogen-bond donors (Lipinski definition) is 1. The van der Waals surface area contributed by atoms with Crippen LogP contribution in [0.1, 0.15) is 11.1 Å². The van der Waals surface area contributed by atoms with Crippen molar-refractivity contribution in [2.75, 3.05) is 0 Å². The van der Waals surface area contributed by atoms with E-state index in [4.69, 9.17) is 0 Å². The van der Waals surface area contributed by atoms with E-state index in [9.17, 15) is 0 Å². The first-order valence-electron chi connectivity index (χ1n) is 7.13. The monoisotopic (exact) mass is 289 g/mol. The van der Waals surface area contributed by atoms with Crippen molar-refractivity contribution in [2.24, 2.45) is 0 Å². The first kappa shape index (κ1) is 12.8. The lowest BCUT2D eigenvalue weighted by Crippen LogP contribution is -2.01. The van der Waals surface area contributed by atoms with E-state index in [-0.39, 0.29) is 0 Å². The van der Waals surface area contributed by atoms with Gasteiger partial charge in [-0.2, -0.15) is 0 Å². The standard InChI is InChI=1S/C17H15N5/c1-11-12(2)16-14(20-10-21-16)8-15(11)22-7-6-19-17(22)13-4-3-5-18-9-13/h3-10H,1-2H3,(H,20,21). The number of aromatic amines is 1. The smallest absolute Gasteiger partial charge is 0.146 e. The van der Waals surface area contributed by atoms with Gasteiger partial charge in [-0.25, -0.2) is 9.97 Å². The van der Waals surface area contributed by atoms with E-state index in [0.29, 0.717) is 0 Å². The molecule has 4 aromatic rings. The van der Waals surface area contributed by atoms with Crippen LogP contribution < -0.4 is 0 Å². The van der Waals surface area contributed by atoms with Crippen molar-refractivity contribution in [3.8, 4) is 17.1 Å². The van der Waals surface area contributed by atoms with E-state index in [2.05, 4.69) is 44.4 Å². The maximum Gasteiger partial charge on any atom is 0.146 e. The molecule has 1 aromatic carbocycles. The predicted molar refractivity (Wildman–Crippen MR) is 85.9 cm³/mol. The topological polar surface area (TPSA) is 59.4 Å². The van der Waals surface area contributed by atoms with Gasteiger partial charge in [0.05, 0.1) is 23.0 Å². The van der Waals surface area contributed by atoms with E-state index in [0.717, 1.165) is 28.1 Å². The van der Waals surface area contributed by atoms with Gasteiger partial charge < -0.3 is 4.98 Å². The number of aryl methyl sites for hydroxylation is 1. The summed E-state index contributed by atoms with van der Waals surface area (Å²) in [6.07, 6.45) is 9.12. The highest BCUT2D eigenvalue weighted by Gasteiger charge is 2.14. The number of imidazole rings is 2. The zero-order valence-electron chi connectivity index (χ0n) is 12.4. The quantitative estimate of drug-likeness (QED) is 0.615. The molecule has 108 valence electrons. The van der Waals surface area contributed by atoms with Crippen LogP contribution in [0.25, 0.3) is 28.1 Å². The minimum absolute atomic E-state index is 0.884. The second kappa shape index (κ2) is 4.80. The molecule has 4 rings (SSSR count). The third-order valence-corrected chi connectivity index (χ3v) is 4.07. The molecule has 3 heterocycles. The molecule has 0 fully saturated rings. The summed E-state index contributed by atoms with van der Waals surface area (Å²) >= 11 is 0. The Bertz CT molecular complexity index is 950. The Morgan fingerprint density at radius 3 is 2.82 bits per heavy atom. The average Bonchev–Trinajstić information content (AvgIpc) is 3.20. The number of fused-ring (bicyclic) bond motifs is 1. The maximum atomic E-state index is 4.50. The van der Waals surface area contributed by atoms with E-state index < -0.39 is 0 Å². The Morgan fingerprint density at radius 1 is 1.09 bits per heavy atom. The van der Waals surface area contributed by atoms with E-state index in [1.54, 1.807) is 12.5 Å². The largest absolute Gasteiger partial charge is 0.345 e. The summed E-state index contributed by atoms with van der Waals surface area (Å²) in [6, 6.07) is 6.06. The number of rotatable bonds is 2. The van der Waals surface area contributed by atoms with Crippen LogP contribution in [-0.2, 0) is 0 Å². The van der Waals surface area contributed by atoms with Gasteiger partial charge in [0.15, 0.2) is 0 Å². The molecule has 0 amide bonds. The second-order valence-electron chi connectivity index (χ2n) is 5.31. The number of nitrogens with one attached hydrogen (secondary N) is 1. The molecule has 0 atom stereocenters. The van der Waals surface area contributed by atoms with Crippen molar-refractivity contribution in [3.63, 3.8) is 0 Å². The molecule has 0 radical (unpaired) electrons. The van der Waals surface area contributed by atoms with Gasteiger partial charge in [-0.05, 0) is 43.2 Å². The summed E-state index contributed by atoms with van der Waals surface area (Å²) in [7, 11) is 0. The normalized spacial score (nSPS) is 11.2. The lowest BCUT2D eigenvalue weighted by atomic mass is 10.1. The van der Waals surface area contributed by atoms with Crippen LogP contribution >= 0.6 is 0 Å². The maximum absolute atomic E-state index is 4.50. The van der Waals surface area contributed by atoms with E-state index in [1.165, 1.54) is 11.1 Å². The van der Waals surface area contributed by atoms with Crippen molar-refractivity contribution in [3.05, 3.63) is 60.4 Å². The molecule has 5 nitrogen and oxygen atoms in total. The molecule has 0 aliphatic rings. The highest BCUT2D eigenvalue weighted by atomic mass is 15.1. The highest BCUT2D eigenvalue weighted by Crippen LogP contribution is 2.28. The zero-order valence-corrected chi connectivity index (χ0v) is 12.4. The summed E-state index contributed by atoms with van der Waals surface area (Å²) in [6.45, 7) is 4.22. The Balaban J connectivity index is 1.97. The first-order valence-corrected chi connectivity index (χ1v) is 7.13. The molecule has 5 heteroatoms. The minimum atomic E-state index is 0.884. The molecule has 0 saturated heterocycles. The molecule has 22 heavy (non-hydrogen) atoms. The number of aromatic nitrogens is 5. The lowest BCUT2D eigenvalue weighted by molar-refractivity contribution is 1.04. The second-order valence-corrected chi connectivity index (χ2v) is 5.31. The molecule has 0 unspecified atom stereocenters. The molecule has 0 spiro atoms. The van der Waals surface area contributed by atoms with Crippen LogP contribution in [0.15, 0.2) is 49.3 Å². The fourth-order valence-corrected chi connectivity index (χ4v) is 2.78. The predicted octanol–water partition coefficient (Wildman–Crippen LogP) is 3.43. The van der Waals surface area contributed by atoms with Gasteiger partial charge in [-0.1, -0.05) is 0 Å². The van der Waals surface area contributed by atoms with Crippen molar-refractivity contribution >= 4 is 11.0 Å². The number of nitrogens with zero attached hydrogens (tertiary/aromatic N) is 4. The Hall–Kier alpha value is -2.95. The van der Waals surface area contributed by atoms with Crippen LogP contribution in [0, 0.1) is 13.8 Å². The molecule has 1 N–H and O–H groups in total. The van der Waals surface area contributed by atoms with Crippen LogP contribution in [0.3, 0.4) is 0 Å². The minimum Gasteiger partial charge on any atom is -0.345 e. The third-order valence-electron chi connectivity index (χ3n) is 4.07. The van der Waals surface area contributed by atoms with Gasteiger partial charge >= 0.3 is 0 Å². The molecule has 0 saturated carbocycles. The van der Waals surface area contributed by atoms with Crippen molar-refractivity contribution < 1.29 is 0 Å². The number of pyridine rings is 1. The zero-order chi connectivity index (χ0) is 15.1. The van der Waals surface area contributed by atoms with Crippen molar-refractivity contribution in [2.45, 2.75) is 13.8 Å². The Morgan fingerprint density at radius 2 is 2.00 bits per heavy atom. The highest BCUT2D eigenvalue weighted by molar-refractivity contribution is 5.83. The fourth-order valence-electron chi connectivity index (χ4n) is 2.78. The molecule has 3 aromatic heterocycles. The molecular formula is C17H15N5. The summed E-state index contributed by atoms with van der Waals surface area (Å²) in [4.78, 5) is 16.3. The van der Waals surface area contributed by atoms with Gasteiger partial charge in [0.1, 0.15) is 5.82 Å². The SMILES string of the molecule is Cc1c(-n2ccnc2-c2cccnc2)cc2[nH]cnc2c1C. The molecule has 0 aliphatic carbocycles. The Kier molecular flexibility index (Phi) is 2.79. The van der Waals surface area contributed by atoms with E-state index >= 15 is 0 Å². The lowest BCUT2D eigenvalue weighted by Gasteiger charge is -2.13. The van der Waals surface area contributed by atoms with E-state index in [1.807, 2.05) is 30.7 Å². The average molecular weight is 289 g/mol. The molecule has 0 bridgehead atoms. The van der Waals surface area contributed by atoms with Gasteiger partial charge in [-0.15, -0.1) is 0 Å². The summed E-state index contributed by atoms with van der Waals surface area (Å²) in [5.41, 5.74) is 6.52. The van der Waals surface area contributed by atoms with Crippen LogP contribution in [0.4, 0.5) is 0 Å².